The first-order valence-corrected chi connectivity index (χ1v) is 6.90. The first-order valence-electron chi connectivity index (χ1n) is 6.90. The van der Waals surface area contributed by atoms with Crippen LogP contribution in [0.4, 0.5) is 0 Å². The Kier molecular flexibility index (Phi) is 3.32. The molecule has 0 aromatic carbocycles. The Morgan fingerprint density at radius 2 is 2.09 bits per heavy atom. The van der Waals surface area contributed by atoms with Crippen LogP contribution in [0.15, 0.2) is 18.3 Å². The van der Waals surface area contributed by atoms with Gasteiger partial charge in [-0.15, -0.1) is 5.10 Å². The molecule has 0 aliphatic heterocycles. The lowest BCUT2D eigenvalue weighted by Crippen LogP contribution is -2.04. The van der Waals surface area contributed by atoms with Crippen molar-refractivity contribution in [2.45, 2.75) is 20.3 Å². The van der Waals surface area contributed by atoms with E-state index in [1.54, 1.807) is 6.07 Å². The fourth-order valence-corrected chi connectivity index (χ4v) is 2.39. The molecule has 7 nitrogen and oxygen atoms in total. The molecular weight excluding hydrogens is 282 g/mol. The molecule has 0 unspecified atom stereocenters. The molecule has 0 radical (unpaired) electrons. The van der Waals surface area contributed by atoms with E-state index >= 15 is 0 Å². The van der Waals surface area contributed by atoms with Crippen molar-refractivity contribution < 1.29 is 9.90 Å². The summed E-state index contributed by atoms with van der Waals surface area (Å²) in [7, 11) is 1.85. The fourth-order valence-electron chi connectivity index (χ4n) is 2.39. The van der Waals surface area contributed by atoms with Crippen molar-refractivity contribution >= 4 is 17.1 Å². The molecule has 1 N–H and O–H groups in total. The second-order valence-electron chi connectivity index (χ2n) is 5.08. The number of carbonyl (C=O) groups is 1. The van der Waals surface area contributed by atoms with Crippen LogP contribution in [-0.2, 0) is 13.5 Å². The van der Waals surface area contributed by atoms with E-state index in [9.17, 15) is 4.79 Å². The van der Waals surface area contributed by atoms with E-state index in [0.29, 0.717) is 23.6 Å². The topological polar surface area (TPSA) is 93.8 Å². The average molecular weight is 297 g/mol. The summed E-state index contributed by atoms with van der Waals surface area (Å²) in [5, 5.41) is 17.3. The molecule has 112 valence electrons. The number of rotatable bonds is 3. The molecule has 22 heavy (non-hydrogen) atoms. The molecule has 0 spiro atoms. The highest BCUT2D eigenvalue weighted by Crippen LogP contribution is 2.25. The van der Waals surface area contributed by atoms with Crippen LogP contribution in [0.25, 0.3) is 22.7 Å². The SMILES string of the molecule is CCc1cc(C(=O)O)cnc1-c1nc2cc(C)nnc2n1C. The maximum atomic E-state index is 11.1. The van der Waals surface area contributed by atoms with Crippen molar-refractivity contribution in [2.24, 2.45) is 7.05 Å². The van der Waals surface area contributed by atoms with Crippen LogP contribution in [0, 0.1) is 6.92 Å². The zero-order valence-electron chi connectivity index (χ0n) is 12.5. The Morgan fingerprint density at radius 1 is 1.32 bits per heavy atom. The van der Waals surface area contributed by atoms with Crippen molar-refractivity contribution in [1.82, 2.24) is 24.7 Å². The third-order valence-electron chi connectivity index (χ3n) is 3.55. The highest BCUT2D eigenvalue weighted by molar-refractivity contribution is 5.88. The molecule has 0 saturated heterocycles. The smallest absolute Gasteiger partial charge is 0.337 e. The Balaban J connectivity index is 2.22. The van der Waals surface area contributed by atoms with Gasteiger partial charge in [0.2, 0.25) is 0 Å². The maximum absolute atomic E-state index is 11.1. The molecule has 0 aliphatic carbocycles. The largest absolute Gasteiger partial charge is 0.478 e. The third kappa shape index (κ3) is 2.20. The molecule has 0 bridgehead atoms. The summed E-state index contributed by atoms with van der Waals surface area (Å²) < 4.78 is 1.82. The standard InChI is InChI=1S/C15H15N5O2/c1-4-9-6-10(15(21)22)7-16-12(9)14-17-11-5-8(2)18-19-13(11)20(14)3/h5-7H,4H2,1-3H3,(H,21,22). The Bertz CT molecular complexity index is 885. The van der Waals surface area contributed by atoms with Crippen LogP contribution in [0.2, 0.25) is 0 Å². The molecule has 3 aromatic heterocycles. The van der Waals surface area contributed by atoms with Crippen LogP contribution >= 0.6 is 0 Å². The second kappa shape index (κ2) is 5.18. The van der Waals surface area contributed by atoms with Crippen LogP contribution in [0.1, 0.15) is 28.5 Å². The number of aryl methyl sites for hydroxylation is 3. The third-order valence-corrected chi connectivity index (χ3v) is 3.55. The Labute approximate surface area is 126 Å². The molecule has 3 rings (SSSR count). The average Bonchev–Trinajstić information content (AvgIpc) is 2.82. The van der Waals surface area contributed by atoms with Gasteiger partial charge in [0.25, 0.3) is 0 Å². The molecule has 7 heteroatoms. The summed E-state index contributed by atoms with van der Waals surface area (Å²) in [6.07, 6.45) is 2.02. The summed E-state index contributed by atoms with van der Waals surface area (Å²) in [6.45, 7) is 3.82. The summed E-state index contributed by atoms with van der Waals surface area (Å²) in [4.78, 5) is 20.0. The quantitative estimate of drug-likeness (QED) is 0.794. The first kappa shape index (κ1) is 14.1. The van der Waals surface area contributed by atoms with Crippen molar-refractivity contribution in [1.29, 1.82) is 0 Å². The van der Waals surface area contributed by atoms with Gasteiger partial charge < -0.3 is 9.67 Å². The lowest BCUT2D eigenvalue weighted by Gasteiger charge is -2.07. The van der Waals surface area contributed by atoms with E-state index in [1.165, 1.54) is 6.20 Å². The number of nitrogens with zero attached hydrogens (tertiary/aromatic N) is 5. The highest BCUT2D eigenvalue weighted by Gasteiger charge is 2.17. The van der Waals surface area contributed by atoms with E-state index in [4.69, 9.17) is 5.11 Å². The minimum atomic E-state index is -0.986. The van der Waals surface area contributed by atoms with Crippen LogP contribution in [0.5, 0.6) is 0 Å². The van der Waals surface area contributed by atoms with Gasteiger partial charge in [0.05, 0.1) is 11.3 Å². The lowest BCUT2D eigenvalue weighted by atomic mass is 10.1. The van der Waals surface area contributed by atoms with Gasteiger partial charge in [0.1, 0.15) is 11.2 Å². The first-order chi connectivity index (χ1) is 10.5. The Morgan fingerprint density at radius 3 is 2.77 bits per heavy atom. The molecule has 0 amide bonds. The number of aromatic carboxylic acids is 1. The molecule has 0 fully saturated rings. The van der Waals surface area contributed by atoms with Gasteiger partial charge in [0.15, 0.2) is 11.5 Å². The number of carboxylic acids is 1. The summed E-state index contributed by atoms with van der Waals surface area (Å²) in [6, 6.07) is 3.50. The molecular formula is C15H15N5O2. The number of imidazole rings is 1. The zero-order valence-corrected chi connectivity index (χ0v) is 12.5. The van der Waals surface area contributed by atoms with Gasteiger partial charge in [-0.1, -0.05) is 6.92 Å². The number of pyridine rings is 1. The molecule has 0 saturated carbocycles. The summed E-state index contributed by atoms with van der Waals surface area (Å²) in [5.74, 6) is -0.330. The second-order valence-corrected chi connectivity index (χ2v) is 5.08. The number of hydrogen-bond donors (Lipinski definition) is 1. The van der Waals surface area contributed by atoms with Crippen molar-refractivity contribution in [3.8, 4) is 11.5 Å². The molecule has 0 atom stereocenters. The molecule has 3 heterocycles. The van der Waals surface area contributed by atoms with Gasteiger partial charge in [-0.2, -0.15) is 5.10 Å². The lowest BCUT2D eigenvalue weighted by molar-refractivity contribution is 0.0696. The fraction of sp³-hybridized carbons (Fsp3) is 0.267. The summed E-state index contributed by atoms with van der Waals surface area (Å²) in [5.41, 5.74) is 3.90. The predicted octanol–water partition coefficient (Wildman–Crippen LogP) is 1.99. The van der Waals surface area contributed by atoms with Gasteiger partial charge in [-0.3, -0.25) is 4.98 Å². The highest BCUT2D eigenvalue weighted by atomic mass is 16.4. The van der Waals surface area contributed by atoms with E-state index in [-0.39, 0.29) is 5.56 Å². The van der Waals surface area contributed by atoms with E-state index in [2.05, 4.69) is 20.2 Å². The van der Waals surface area contributed by atoms with Crippen molar-refractivity contribution in [3.05, 3.63) is 35.2 Å². The number of aromatic nitrogens is 5. The van der Waals surface area contributed by atoms with Crippen LogP contribution in [-0.4, -0.2) is 35.8 Å². The monoisotopic (exact) mass is 297 g/mol. The van der Waals surface area contributed by atoms with Gasteiger partial charge in [-0.05, 0) is 31.0 Å². The van der Waals surface area contributed by atoms with E-state index < -0.39 is 5.97 Å². The number of fused-ring (bicyclic) bond motifs is 1. The van der Waals surface area contributed by atoms with Gasteiger partial charge >= 0.3 is 5.97 Å². The molecule has 3 aromatic rings. The number of hydrogen-bond acceptors (Lipinski definition) is 5. The zero-order chi connectivity index (χ0) is 15.9. The van der Waals surface area contributed by atoms with Crippen LogP contribution in [0.3, 0.4) is 0 Å². The Hall–Kier alpha value is -2.83. The minimum Gasteiger partial charge on any atom is -0.478 e. The normalized spacial score (nSPS) is 11.0. The predicted molar refractivity (Wildman–Crippen MR) is 80.6 cm³/mol. The van der Waals surface area contributed by atoms with E-state index in [1.807, 2.05) is 31.5 Å². The van der Waals surface area contributed by atoms with Crippen molar-refractivity contribution in [3.63, 3.8) is 0 Å². The minimum absolute atomic E-state index is 0.176. The summed E-state index contributed by atoms with van der Waals surface area (Å²) >= 11 is 0. The van der Waals surface area contributed by atoms with Crippen LogP contribution < -0.4 is 0 Å². The number of carboxylic acid groups (broad SMARTS) is 1. The molecule has 0 aliphatic rings. The van der Waals surface area contributed by atoms with Crippen molar-refractivity contribution in [2.75, 3.05) is 0 Å². The van der Waals surface area contributed by atoms with Gasteiger partial charge in [0, 0.05) is 13.2 Å². The maximum Gasteiger partial charge on any atom is 0.337 e. The van der Waals surface area contributed by atoms with Gasteiger partial charge in [-0.25, -0.2) is 9.78 Å². The van der Waals surface area contributed by atoms with E-state index in [0.717, 1.165) is 16.8 Å².